The molecule has 6 heteroatoms. The average molecular weight is 374 g/mol. The van der Waals surface area contributed by atoms with E-state index < -0.39 is 17.8 Å². The Morgan fingerprint density at radius 1 is 1.23 bits per heavy atom. The van der Waals surface area contributed by atoms with Crippen molar-refractivity contribution in [1.29, 1.82) is 0 Å². The zero-order chi connectivity index (χ0) is 18.7. The molecule has 1 aliphatic heterocycles. The van der Waals surface area contributed by atoms with Crippen molar-refractivity contribution < 1.29 is 18.7 Å². The Balaban J connectivity index is 1.72. The lowest BCUT2D eigenvalue weighted by atomic mass is 9.94. The SMILES string of the molecule is CC(=O)N1C=Cc2ccccc2C1CC(=O)OCc1ccc(F)cc1Cl. The number of hydrogen-bond acceptors (Lipinski definition) is 3. The van der Waals surface area contributed by atoms with Gasteiger partial charge in [-0.3, -0.25) is 9.59 Å². The van der Waals surface area contributed by atoms with E-state index in [1.165, 1.54) is 30.0 Å². The number of hydrogen-bond donors (Lipinski definition) is 0. The summed E-state index contributed by atoms with van der Waals surface area (Å²) in [6.45, 7) is 1.40. The van der Waals surface area contributed by atoms with Gasteiger partial charge in [0.05, 0.1) is 17.5 Å². The number of fused-ring (bicyclic) bond motifs is 1. The van der Waals surface area contributed by atoms with Crippen LogP contribution in [-0.2, 0) is 20.9 Å². The molecule has 2 aromatic carbocycles. The largest absolute Gasteiger partial charge is 0.461 e. The molecule has 1 atom stereocenters. The second-order valence-corrected chi connectivity index (χ2v) is 6.39. The molecule has 0 N–H and O–H groups in total. The zero-order valence-corrected chi connectivity index (χ0v) is 14.9. The highest BCUT2D eigenvalue weighted by atomic mass is 35.5. The highest BCUT2D eigenvalue weighted by molar-refractivity contribution is 6.31. The van der Waals surface area contributed by atoms with Crippen LogP contribution in [0.4, 0.5) is 4.39 Å². The first kappa shape index (κ1) is 18.1. The Labute approximate surface area is 155 Å². The molecule has 26 heavy (non-hydrogen) atoms. The summed E-state index contributed by atoms with van der Waals surface area (Å²) in [5.74, 6) is -1.07. The van der Waals surface area contributed by atoms with Crippen molar-refractivity contribution in [1.82, 2.24) is 4.90 Å². The van der Waals surface area contributed by atoms with E-state index in [4.69, 9.17) is 16.3 Å². The predicted octanol–water partition coefficient (Wildman–Crippen LogP) is 4.49. The molecule has 0 aliphatic carbocycles. The molecule has 1 aliphatic rings. The predicted molar refractivity (Wildman–Crippen MR) is 96.6 cm³/mol. The molecule has 0 saturated carbocycles. The molecule has 3 rings (SSSR count). The van der Waals surface area contributed by atoms with Gasteiger partial charge >= 0.3 is 5.97 Å². The number of ether oxygens (including phenoxy) is 1. The molecule has 0 saturated heterocycles. The van der Waals surface area contributed by atoms with Crippen LogP contribution < -0.4 is 0 Å². The van der Waals surface area contributed by atoms with Gasteiger partial charge in [-0.1, -0.05) is 41.9 Å². The summed E-state index contributed by atoms with van der Waals surface area (Å²) in [6.07, 6.45) is 3.54. The van der Waals surface area contributed by atoms with E-state index in [9.17, 15) is 14.0 Å². The Morgan fingerprint density at radius 3 is 2.73 bits per heavy atom. The topological polar surface area (TPSA) is 46.6 Å². The van der Waals surface area contributed by atoms with Crippen molar-refractivity contribution in [3.8, 4) is 0 Å². The highest BCUT2D eigenvalue weighted by Gasteiger charge is 2.28. The molecule has 134 valence electrons. The molecule has 1 heterocycles. The Bertz CT molecular complexity index is 881. The number of benzene rings is 2. The van der Waals surface area contributed by atoms with E-state index in [1.54, 1.807) is 6.20 Å². The second kappa shape index (κ2) is 7.70. The fraction of sp³-hybridized carbons (Fsp3) is 0.200. The first-order valence-electron chi connectivity index (χ1n) is 8.11. The molecule has 0 bridgehead atoms. The summed E-state index contributed by atoms with van der Waals surface area (Å²) in [4.78, 5) is 25.8. The van der Waals surface area contributed by atoms with Crippen molar-refractivity contribution in [3.63, 3.8) is 0 Å². The fourth-order valence-corrected chi connectivity index (χ4v) is 3.15. The molecular weight excluding hydrogens is 357 g/mol. The van der Waals surface area contributed by atoms with E-state index in [2.05, 4.69) is 0 Å². The maximum atomic E-state index is 13.1. The van der Waals surface area contributed by atoms with Crippen LogP contribution in [0.5, 0.6) is 0 Å². The standard InChI is InChI=1S/C20H17ClFNO3/c1-13(24)23-9-8-14-4-2-3-5-17(14)19(23)11-20(25)26-12-15-6-7-16(22)10-18(15)21/h2-10,19H,11-12H2,1H3. The molecular formula is C20H17ClFNO3. The van der Waals surface area contributed by atoms with Gasteiger partial charge in [0.15, 0.2) is 0 Å². The summed E-state index contributed by atoms with van der Waals surface area (Å²) in [5, 5.41) is 0.203. The van der Waals surface area contributed by atoms with Gasteiger partial charge < -0.3 is 9.64 Å². The summed E-state index contributed by atoms with van der Waals surface area (Å²) < 4.78 is 18.4. The number of amides is 1. The van der Waals surface area contributed by atoms with Crippen molar-refractivity contribution in [2.75, 3.05) is 0 Å². The van der Waals surface area contributed by atoms with Gasteiger partial charge in [0.2, 0.25) is 5.91 Å². The van der Waals surface area contributed by atoms with Crippen LogP contribution in [0.3, 0.4) is 0 Å². The smallest absolute Gasteiger partial charge is 0.308 e. The van der Waals surface area contributed by atoms with Crippen LogP contribution in [0.2, 0.25) is 5.02 Å². The third-order valence-corrected chi connectivity index (χ3v) is 4.58. The third kappa shape index (κ3) is 3.94. The molecule has 0 radical (unpaired) electrons. The quantitative estimate of drug-likeness (QED) is 0.742. The number of carbonyl (C=O) groups excluding carboxylic acids is 2. The average Bonchev–Trinajstić information content (AvgIpc) is 2.61. The molecule has 0 aromatic heterocycles. The normalized spacial score (nSPS) is 15.5. The van der Waals surface area contributed by atoms with Gasteiger partial charge in [0.1, 0.15) is 12.4 Å². The summed E-state index contributed by atoms with van der Waals surface area (Å²) in [5.41, 5.74) is 2.38. The fourth-order valence-electron chi connectivity index (χ4n) is 2.93. The molecule has 0 fully saturated rings. The van der Waals surface area contributed by atoms with Gasteiger partial charge in [-0.05, 0) is 29.3 Å². The number of rotatable bonds is 4. The number of carbonyl (C=O) groups is 2. The molecule has 0 spiro atoms. The molecule has 4 nitrogen and oxygen atoms in total. The Kier molecular flexibility index (Phi) is 5.38. The first-order chi connectivity index (χ1) is 12.5. The molecule has 2 aromatic rings. The Hall–Kier alpha value is -2.66. The van der Waals surface area contributed by atoms with Gasteiger partial charge in [-0.2, -0.15) is 0 Å². The lowest BCUT2D eigenvalue weighted by Crippen LogP contribution is -2.32. The number of esters is 1. The highest BCUT2D eigenvalue weighted by Crippen LogP contribution is 2.33. The summed E-state index contributed by atoms with van der Waals surface area (Å²) >= 11 is 5.94. The lowest BCUT2D eigenvalue weighted by Gasteiger charge is -2.32. The van der Waals surface area contributed by atoms with E-state index in [1.807, 2.05) is 30.3 Å². The van der Waals surface area contributed by atoms with Crippen molar-refractivity contribution >= 4 is 29.6 Å². The van der Waals surface area contributed by atoms with E-state index in [0.29, 0.717) is 5.56 Å². The third-order valence-electron chi connectivity index (χ3n) is 4.23. The summed E-state index contributed by atoms with van der Waals surface area (Å²) in [6, 6.07) is 11.1. The van der Waals surface area contributed by atoms with Crippen molar-refractivity contribution in [3.05, 3.63) is 76.2 Å². The van der Waals surface area contributed by atoms with Crippen LogP contribution in [0.15, 0.2) is 48.7 Å². The summed E-state index contributed by atoms with van der Waals surface area (Å²) in [7, 11) is 0. The Morgan fingerprint density at radius 2 is 2.00 bits per heavy atom. The lowest BCUT2D eigenvalue weighted by molar-refractivity contribution is -0.146. The maximum Gasteiger partial charge on any atom is 0.308 e. The van der Waals surface area contributed by atoms with Crippen LogP contribution in [0.1, 0.15) is 36.1 Å². The van der Waals surface area contributed by atoms with E-state index >= 15 is 0 Å². The van der Waals surface area contributed by atoms with Crippen LogP contribution in [-0.4, -0.2) is 16.8 Å². The zero-order valence-electron chi connectivity index (χ0n) is 14.1. The van der Waals surface area contributed by atoms with Crippen LogP contribution in [0.25, 0.3) is 6.08 Å². The van der Waals surface area contributed by atoms with E-state index in [-0.39, 0.29) is 24.0 Å². The van der Waals surface area contributed by atoms with Crippen molar-refractivity contribution in [2.45, 2.75) is 26.0 Å². The number of halogens is 2. The van der Waals surface area contributed by atoms with Gasteiger partial charge in [0.25, 0.3) is 0 Å². The van der Waals surface area contributed by atoms with Gasteiger partial charge in [0, 0.05) is 18.7 Å². The monoisotopic (exact) mass is 373 g/mol. The van der Waals surface area contributed by atoms with Gasteiger partial charge in [-0.15, -0.1) is 0 Å². The minimum atomic E-state index is -0.466. The molecule has 1 unspecified atom stereocenters. The minimum absolute atomic E-state index is 0.0136. The second-order valence-electron chi connectivity index (χ2n) is 5.99. The number of nitrogens with zero attached hydrogens (tertiary/aromatic N) is 1. The minimum Gasteiger partial charge on any atom is -0.461 e. The van der Waals surface area contributed by atoms with Crippen LogP contribution >= 0.6 is 11.6 Å². The first-order valence-corrected chi connectivity index (χ1v) is 8.49. The van der Waals surface area contributed by atoms with Crippen molar-refractivity contribution in [2.24, 2.45) is 0 Å². The van der Waals surface area contributed by atoms with E-state index in [0.717, 1.165) is 11.1 Å². The molecule has 1 amide bonds. The van der Waals surface area contributed by atoms with Gasteiger partial charge in [-0.25, -0.2) is 4.39 Å². The van der Waals surface area contributed by atoms with Crippen LogP contribution in [0, 0.1) is 5.82 Å². The maximum absolute atomic E-state index is 13.1.